The molecule has 2 aliphatic rings. The summed E-state index contributed by atoms with van der Waals surface area (Å²) in [6.07, 6.45) is 2.11. The molecule has 0 aliphatic carbocycles. The molecule has 8 nitrogen and oxygen atoms in total. The monoisotopic (exact) mass is 423 g/mol. The van der Waals surface area contributed by atoms with Crippen LogP contribution in [0.2, 0.25) is 5.02 Å². The predicted molar refractivity (Wildman–Crippen MR) is 107 cm³/mol. The number of carbonyl (C=O) groups is 3. The van der Waals surface area contributed by atoms with E-state index in [1.807, 2.05) is 17.0 Å². The number of nitrogens with zero attached hydrogens (tertiary/aromatic N) is 1. The maximum Gasteiger partial charge on any atom is 0.322 e. The molecule has 2 saturated heterocycles. The van der Waals surface area contributed by atoms with Crippen molar-refractivity contribution in [3.63, 3.8) is 0 Å². The second-order valence-electron chi connectivity index (χ2n) is 7.63. The smallest absolute Gasteiger partial charge is 0.322 e. The van der Waals surface area contributed by atoms with Gasteiger partial charge in [0.1, 0.15) is 22.1 Å². The molecule has 1 aromatic rings. The summed E-state index contributed by atoms with van der Waals surface area (Å²) >= 11 is 6.25. The number of likely N-dealkylation sites (tertiary alicyclic amines) is 1. The van der Waals surface area contributed by atoms with Crippen molar-refractivity contribution in [1.29, 1.82) is 0 Å². The fourth-order valence-electron chi connectivity index (χ4n) is 3.86. The Morgan fingerprint density at radius 3 is 2.28 bits per heavy atom. The van der Waals surface area contributed by atoms with Crippen molar-refractivity contribution in [3.05, 3.63) is 22.7 Å². The van der Waals surface area contributed by atoms with Crippen molar-refractivity contribution in [3.8, 4) is 11.5 Å². The standard InChI is InChI=1S/C20H26ClN3O5/c1-20(18(26)22-19(27)23-20)7-4-16(25)24-8-5-12(6-9-24)13-10-14(28-2)17(21)15(11-13)29-3/h10-12H,4-9H2,1-3H3,(H2,22,23,26,27). The summed E-state index contributed by atoms with van der Waals surface area (Å²) in [6.45, 7) is 2.89. The minimum absolute atomic E-state index is 0.00936. The van der Waals surface area contributed by atoms with Gasteiger partial charge in [-0.15, -0.1) is 0 Å². The molecule has 1 aromatic carbocycles. The summed E-state index contributed by atoms with van der Waals surface area (Å²) in [7, 11) is 3.14. The van der Waals surface area contributed by atoms with Crippen molar-refractivity contribution in [2.45, 2.75) is 44.1 Å². The average Bonchev–Trinajstić information content (AvgIpc) is 2.98. The molecule has 3 rings (SSSR count). The third kappa shape index (κ3) is 4.42. The first kappa shape index (κ1) is 21.2. The van der Waals surface area contributed by atoms with Gasteiger partial charge in [-0.3, -0.25) is 14.9 Å². The molecule has 1 unspecified atom stereocenters. The van der Waals surface area contributed by atoms with Crippen molar-refractivity contribution < 1.29 is 23.9 Å². The predicted octanol–water partition coefficient (Wildman–Crippen LogP) is 2.44. The van der Waals surface area contributed by atoms with Crippen LogP contribution in [0.15, 0.2) is 12.1 Å². The molecule has 1 atom stereocenters. The topological polar surface area (TPSA) is 97.0 Å². The Morgan fingerprint density at radius 1 is 1.21 bits per heavy atom. The third-order valence-corrected chi connectivity index (χ3v) is 6.12. The zero-order valence-corrected chi connectivity index (χ0v) is 17.6. The Hall–Kier alpha value is -2.48. The lowest BCUT2D eigenvalue weighted by atomic mass is 9.88. The van der Waals surface area contributed by atoms with Crippen LogP contribution in [0.5, 0.6) is 11.5 Å². The second kappa shape index (κ2) is 8.49. The number of piperidine rings is 1. The van der Waals surface area contributed by atoms with Crippen LogP contribution in [0, 0.1) is 0 Å². The molecule has 2 aliphatic heterocycles. The van der Waals surface area contributed by atoms with Gasteiger partial charge in [-0.25, -0.2) is 4.79 Å². The van der Waals surface area contributed by atoms with Crippen molar-refractivity contribution in [2.75, 3.05) is 27.3 Å². The number of nitrogens with one attached hydrogen (secondary N) is 2. The SMILES string of the molecule is COc1cc(C2CCN(C(=O)CCC3(C)NC(=O)NC3=O)CC2)cc(OC)c1Cl. The summed E-state index contributed by atoms with van der Waals surface area (Å²) in [4.78, 5) is 37.6. The normalized spacial score (nSPS) is 22.3. The fraction of sp³-hybridized carbons (Fsp3) is 0.550. The average molecular weight is 424 g/mol. The number of hydrogen-bond donors (Lipinski definition) is 2. The highest BCUT2D eigenvalue weighted by molar-refractivity contribution is 6.33. The van der Waals surface area contributed by atoms with E-state index in [4.69, 9.17) is 21.1 Å². The van der Waals surface area contributed by atoms with Crippen LogP contribution in [-0.2, 0) is 9.59 Å². The summed E-state index contributed by atoms with van der Waals surface area (Å²) in [5.74, 6) is 1.02. The van der Waals surface area contributed by atoms with E-state index < -0.39 is 11.6 Å². The first-order valence-corrected chi connectivity index (χ1v) is 9.98. The zero-order valence-electron chi connectivity index (χ0n) is 16.8. The van der Waals surface area contributed by atoms with Gasteiger partial charge in [0.05, 0.1) is 14.2 Å². The Kier molecular flexibility index (Phi) is 6.21. The molecule has 0 spiro atoms. The van der Waals surface area contributed by atoms with E-state index in [2.05, 4.69) is 10.6 Å². The molecular formula is C20H26ClN3O5. The molecule has 2 heterocycles. The van der Waals surface area contributed by atoms with Crippen molar-refractivity contribution in [2.24, 2.45) is 0 Å². The van der Waals surface area contributed by atoms with Gasteiger partial charge in [0.15, 0.2) is 0 Å². The van der Waals surface area contributed by atoms with Crippen LogP contribution < -0.4 is 20.1 Å². The molecule has 158 valence electrons. The van der Waals surface area contributed by atoms with Gasteiger partial charge < -0.3 is 19.7 Å². The fourth-order valence-corrected chi connectivity index (χ4v) is 4.12. The van der Waals surface area contributed by atoms with E-state index in [9.17, 15) is 14.4 Å². The number of urea groups is 1. The largest absolute Gasteiger partial charge is 0.495 e. The number of halogens is 1. The second-order valence-corrected chi connectivity index (χ2v) is 8.01. The quantitative estimate of drug-likeness (QED) is 0.685. The minimum atomic E-state index is -1.03. The molecule has 4 amide bonds. The number of amides is 4. The number of ether oxygens (including phenoxy) is 2. The first-order chi connectivity index (χ1) is 13.8. The third-order valence-electron chi connectivity index (χ3n) is 5.74. The van der Waals surface area contributed by atoms with Crippen LogP contribution in [-0.4, -0.2) is 55.6 Å². The van der Waals surface area contributed by atoms with E-state index in [-0.39, 0.29) is 30.6 Å². The number of rotatable bonds is 6. The van der Waals surface area contributed by atoms with Gasteiger partial charge in [-0.1, -0.05) is 11.6 Å². The van der Waals surface area contributed by atoms with Crippen LogP contribution in [0.4, 0.5) is 4.79 Å². The number of imide groups is 1. The Labute approximate surface area is 174 Å². The maximum atomic E-state index is 12.6. The summed E-state index contributed by atoms with van der Waals surface area (Å²) < 4.78 is 10.7. The van der Waals surface area contributed by atoms with E-state index >= 15 is 0 Å². The lowest BCUT2D eigenvalue weighted by Gasteiger charge is -2.33. The van der Waals surface area contributed by atoms with Gasteiger partial charge >= 0.3 is 6.03 Å². The lowest BCUT2D eigenvalue weighted by molar-refractivity contribution is -0.133. The van der Waals surface area contributed by atoms with E-state index in [1.54, 1.807) is 21.1 Å². The maximum absolute atomic E-state index is 12.6. The lowest BCUT2D eigenvalue weighted by Crippen LogP contribution is -2.45. The van der Waals surface area contributed by atoms with Gasteiger partial charge in [-0.05, 0) is 49.8 Å². The highest BCUT2D eigenvalue weighted by Crippen LogP contribution is 2.39. The Morgan fingerprint density at radius 2 is 1.79 bits per heavy atom. The molecule has 29 heavy (non-hydrogen) atoms. The highest BCUT2D eigenvalue weighted by Gasteiger charge is 2.42. The Bertz CT molecular complexity index is 797. The molecule has 9 heteroatoms. The van der Waals surface area contributed by atoms with Crippen molar-refractivity contribution in [1.82, 2.24) is 15.5 Å². The molecule has 0 bridgehead atoms. The van der Waals surface area contributed by atoms with Crippen LogP contribution in [0.3, 0.4) is 0 Å². The van der Waals surface area contributed by atoms with Gasteiger partial charge in [0.25, 0.3) is 5.91 Å². The van der Waals surface area contributed by atoms with Crippen LogP contribution >= 0.6 is 11.6 Å². The summed E-state index contributed by atoms with van der Waals surface area (Å²) in [6, 6.07) is 3.34. The number of hydrogen-bond acceptors (Lipinski definition) is 5. The zero-order chi connectivity index (χ0) is 21.2. The van der Waals surface area contributed by atoms with E-state index in [0.717, 1.165) is 18.4 Å². The van der Waals surface area contributed by atoms with E-state index in [1.165, 1.54) is 0 Å². The van der Waals surface area contributed by atoms with Crippen LogP contribution in [0.1, 0.15) is 44.1 Å². The molecule has 0 aromatic heterocycles. The van der Waals surface area contributed by atoms with Gasteiger partial charge in [-0.2, -0.15) is 0 Å². The molecule has 2 N–H and O–H groups in total. The number of benzene rings is 1. The van der Waals surface area contributed by atoms with Gasteiger partial charge in [0, 0.05) is 19.5 Å². The van der Waals surface area contributed by atoms with Crippen LogP contribution in [0.25, 0.3) is 0 Å². The Balaban J connectivity index is 1.57. The summed E-state index contributed by atoms with van der Waals surface area (Å²) in [5.41, 5.74) is 0.0506. The summed E-state index contributed by atoms with van der Waals surface area (Å²) in [5, 5.41) is 5.25. The van der Waals surface area contributed by atoms with Gasteiger partial charge in [0.2, 0.25) is 5.91 Å². The minimum Gasteiger partial charge on any atom is -0.495 e. The number of carbonyl (C=O) groups excluding carboxylic acids is 3. The number of methoxy groups -OCH3 is 2. The molecule has 0 saturated carbocycles. The highest BCUT2D eigenvalue weighted by atomic mass is 35.5. The van der Waals surface area contributed by atoms with Crippen molar-refractivity contribution >= 4 is 29.4 Å². The molecular weight excluding hydrogens is 398 g/mol. The van der Waals surface area contributed by atoms with E-state index in [0.29, 0.717) is 29.6 Å². The molecule has 2 fully saturated rings. The first-order valence-electron chi connectivity index (χ1n) is 9.60. The molecule has 0 radical (unpaired) electrons.